The third-order valence-corrected chi connectivity index (χ3v) is 4.49. The van der Waals surface area contributed by atoms with Gasteiger partial charge in [-0.3, -0.25) is 4.79 Å². The number of carbonyl (C=O) groups excluding carboxylic acids is 1. The van der Waals surface area contributed by atoms with Crippen LogP contribution in [0, 0.1) is 6.92 Å². The lowest BCUT2D eigenvalue weighted by atomic mass is 9.90. The summed E-state index contributed by atoms with van der Waals surface area (Å²) in [6.07, 6.45) is 0. The summed E-state index contributed by atoms with van der Waals surface area (Å²) in [6.45, 7) is 6.61. The maximum atomic E-state index is 12.5. The number of hydrogen-bond acceptors (Lipinski definition) is 1. The molecular weight excluding hydrogens is 292 g/mol. The molecule has 0 amide bonds. The molecule has 0 N–H and O–H groups in total. The molecule has 0 unspecified atom stereocenters. The van der Waals surface area contributed by atoms with E-state index < -0.39 is 0 Å². The van der Waals surface area contributed by atoms with Crippen molar-refractivity contribution < 1.29 is 4.79 Å². The minimum absolute atomic E-state index is 0.0646. The predicted octanol–water partition coefficient (Wildman–Crippen LogP) is 6.02. The summed E-state index contributed by atoms with van der Waals surface area (Å²) in [5.74, 6) is 0.568. The molecule has 0 aliphatic rings. The van der Waals surface area contributed by atoms with Gasteiger partial charge >= 0.3 is 0 Å². The van der Waals surface area contributed by atoms with Gasteiger partial charge < -0.3 is 0 Å². The fourth-order valence-corrected chi connectivity index (χ4v) is 3.15. The Kier molecular flexibility index (Phi) is 4.61. The number of hydrogen-bond donors (Lipinski definition) is 0. The minimum atomic E-state index is 0.0646. The van der Waals surface area contributed by atoms with E-state index in [1.165, 1.54) is 16.7 Å². The van der Waals surface area contributed by atoms with Crippen LogP contribution >= 0.6 is 0 Å². The van der Waals surface area contributed by atoms with Crippen LogP contribution in [0.5, 0.6) is 0 Å². The molecule has 3 aromatic carbocycles. The average Bonchev–Trinajstić information content (AvgIpc) is 2.62. The van der Waals surface area contributed by atoms with E-state index in [4.69, 9.17) is 0 Å². The molecule has 0 saturated carbocycles. The molecule has 0 heterocycles. The molecule has 1 nitrogen and oxygen atoms in total. The zero-order chi connectivity index (χ0) is 17.1. The van der Waals surface area contributed by atoms with Crippen LogP contribution in [0.2, 0.25) is 0 Å². The summed E-state index contributed by atoms with van der Waals surface area (Å²) in [5, 5.41) is 0. The van der Waals surface area contributed by atoms with Gasteiger partial charge in [-0.25, -0.2) is 0 Å². The summed E-state index contributed by atoms with van der Waals surface area (Å²) in [4.78, 5) is 12.5. The van der Waals surface area contributed by atoms with E-state index in [0.717, 1.165) is 16.7 Å². The van der Waals surface area contributed by atoms with Gasteiger partial charge in [0.05, 0.1) is 0 Å². The zero-order valence-corrected chi connectivity index (χ0v) is 14.4. The van der Waals surface area contributed by atoms with Gasteiger partial charge in [0.15, 0.2) is 5.78 Å². The monoisotopic (exact) mass is 314 g/mol. The Labute approximate surface area is 144 Å². The summed E-state index contributed by atoms with van der Waals surface area (Å²) < 4.78 is 0. The lowest BCUT2D eigenvalue weighted by Gasteiger charge is -2.14. The molecule has 0 fully saturated rings. The van der Waals surface area contributed by atoms with Crippen LogP contribution in [0.3, 0.4) is 0 Å². The Balaban J connectivity index is 1.93. The van der Waals surface area contributed by atoms with E-state index in [1.807, 2.05) is 54.6 Å². The first kappa shape index (κ1) is 16.2. The first-order chi connectivity index (χ1) is 11.6. The van der Waals surface area contributed by atoms with Gasteiger partial charge in [0.1, 0.15) is 0 Å². The number of ketones is 1. The van der Waals surface area contributed by atoms with E-state index in [-0.39, 0.29) is 5.78 Å². The number of carbonyl (C=O) groups is 1. The highest BCUT2D eigenvalue weighted by atomic mass is 16.1. The fraction of sp³-hybridized carbons (Fsp3) is 0.174. The molecule has 0 bridgehead atoms. The van der Waals surface area contributed by atoms with Crippen molar-refractivity contribution in [2.75, 3.05) is 0 Å². The third-order valence-electron chi connectivity index (χ3n) is 4.49. The first-order valence-corrected chi connectivity index (χ1v) is 8.37. The fourth-order valence-electron chi connectivity index (χ4n) is 3.15. The Morgan fingerprint density at radius 1 is 0.750 bits per heavy atom. The van der Waals surface area contributed by atoms with E-state index in [9.17, 15) is 4.79 Å². The topological polar surface area (TPSA) is 17.1 Å². The van der Waals surface area contributed by atoms with Crippen molar-refractivity contribution in [3.8, 4) is 11.1 Å². The maximum absolute atomic E-state index is 12.5. The summed E-state index contributed by atoms with van der Waals surface area (Å²) in [6, 6.07) is 23.8. The van der Waals surface area contributed by atoms with Crippen molar-refractivity contribution in [3.05, 3.63) is 95.1 Å². The van der Waals surface area contributed by atoms with Gasteiger partial charge in [0, 0.05) is 11.1 Å². The maximum Gasteiger partial charge on any atom is 0.193 e. The van der Waals surface area contributed by atoms with Crippen molar-refractivity contribution in [3.63, 3.8) is 0 Å². The van der Waals surface area contributed by atoms with Crippen molar-refractivity contribution >= 4 is 5.78 Å². The Bertz CT molecular complexity index is 843. The van der Waals surface area contributed by atoms with Crippen LogP contribution in [0.25, 0.3) is 11.1 Å². The molecular formula is C23H22O. The van der Waals surface area contributed by atoms with Gasteiger partial charge in [0.25, 0.3) is 0 Å². The molecule has 0 atom stereocenters. The highest BCUT2D eigenvalue weighted by molar-refractivity contribution is 6.09. The molecule has 0 aliphatic heterocycles. The highest BCUT2D eigenvalue weighted by Crippen LogP contribution is 2.29. The molecule has 120 valence electrons. The molecule has 3 aromatic rings. The second-order valence-electron chi connectivity index (χ2n) is 6.45. The van der Waals surface area contributed by atoms with Crippen LogP contribution in [0.1, 0.15) is 46.8 Å². The molecule has 0 saturated heterocycles. The van der Waals surface area contributed by atoms with E-state index in [2.05, 4.69) is 39.0 Å². The van der Waals surface area contributed by atoms with Crippen LogP contribution < -0.4 is 0 Å². The van der Waals surface area contributed by atoms with Crippen molar-refractivity contribution in [2.45, 2.75) is 26.7 Å². The standard InChI is InChI=1S/C23H22O/c1-16(2)21-10-7-11-22(17(21)3)18-12-14-20(15-13-18)23(24)19-8-5-4-6-9-19/h4-16H,1-3H3. The van der Waals surface area contributed by atoms with Gasteiger partial charge in [-0.1, -0.05) is 86.6 Å². The van der Waals surface area contributed by atoms with Gasteiger partial charge in [-0.05, 0) is 35.1 Å². The Hall–Kier alpha value is -2.67. The summed E-state index contributed by atoms with van der Waals surface area (Å²) in [5.41, 5.74) is 6.52. The molecule has 0 aliphatic carbocycles. The normalized spacial score (nSPS) is 10.8. The largest absolute Gasteiger partial charge is 0.289 e. The zero-order valence-electron chi connectivity index (χ0n) is 14.4. The van der Waals surface area contributed by atoms with Crippen LogP contribution in [0.4, 0.5) is 0 Å². The average molecular weight is 314 g/mol. The van der Waals surface area contributed by atoms with E-state index >= 15 is 0 Å². The van der Waals surface area contributed by atoms with Gasteiger partial charge in [-0.15, -0.1) is 0 Å². The second-order valence-corrected chi connectivity index (χ2v) is 6.45. The van der Waals surface area contributed by atoms with Crippen LogP contribution in [-0.4, -0.2) is 5.78 Å². The van der Waals surface area contributed by atoms with Gasteiger partial charge in [-0.2, -0.15) is 0 Å². The van der Waals surface area contributed by atoms with Crippen molar-refractivity contribution in [1.29, 1.82) is 0 Å². The SMILES string of the molecule is Cc1c(-c2ccc(C(=O)c3ccccc3)cc2)cccc1C(C)C. The minimum Gasteiger partial charge on any atom is -0.289 e. The lowest BCUT2D eigenvalue weighted by Crippen LogP contribution is -2.00. The van der Waals surface area contributed by atoms with Crippen molar-refractivity contribution in [1.82, 2.24) is 0 Å². The molecule has 0 aromatic heterocycles. The highest BCUT2D eigenvalue weighted by Gasteiger charge is 2.11. The quantitative estimate of drug-likeness (QED) is 0.538. The number of rotatable bonds is 4. The Morgan fingerprint density at radius 2 is 1.38 bits per heavy atom. The smallest absolute Gasteiger partial charge is 0.193 e. The summed E-state index contributed by atoms with van der Waals surface area (Å²) >= 11 is 0. The molecule has 0 spiro atoms. The van der Waals surface area contributed by atoms with E-state index in [0.29, 0.717) is 5.92 Å². The van der Waals surface area contributed by atoms with E-state index in [1.54, 1.807) is 0 Å². The number of benzene rings is 3. The molecule has 3 rings (SSSR count). The molecule has 24 heavy (non-hydrogen) atoms. The molecule has 1 heteroatoms. The predicted molar refractivity (Wildman–Crippen MR) is 101 cm³/mol. The Morgan fingerprint density at radius 3 is 2.00 bits per heavy atom. The third kappa shape index (κ3) is 3.16. The van der Waals surface area contributed by atoms with Crippen LogP contribution in [-0.2, 0) is 0 Å². The van der Waals surface area contributed by atoms with Crippen molar-refractivity contribution in [2.24, 2.45) is 0 Å². The van der Waals surface area contributed by atoms with Gasteiger partial charge in [0.2, 0.25) is 0 Å². The first-order valence-electron chi connectivity index (χ1n) is 8.37. The summed E-state index contributed by atoms with van der Waals surface area (Å²) in [7, 11) is 0. The second kappa shape index (κ2) is 6.84. The lowest BCUT2D eigenvalue weighted by molar-refractivity contribution is 0.103. The molecule has 0 radical (unpaired) electrons. The van der Waals surface area contributed by atoms with Crippen LogP contribution in [0.15, 0.2) is 72.8 Å².